The van der Waals surface area contributed by atoms with Gasteiger partial charge >= 0.3 is 0 Å². The maximum atomic E-state index is 5.92. The minimum Gasteiger partial charge on any atom is -0.496 e. The van der Waals surface area contributed by atoms with Crippen molar-refractivity contribution in [1.82, 2.24) is 10.3 Å². The molecule has 28 heavy (non-hydrogen) atoms. The molecule has 0 spiro atoms. The SMILES string of the molecule is COc1ccccc1CNC(C)c1ccc(OCc2ccncc2)c(OC)c1. The Morgan fingerprint density at radius 2 is 1.64 bits per heavy atom. The van der Waals surface area contributed by atoms with Crippen molar-refractivity contribution in [2.45, 2.75) is 26.1 Å². The molecule has 1 aromatic heterocycles. The normalized spacial score (nSPS) is 11.7. The predicted octanol–water partition coefficient (Wildman–Crippen LogP) is 4.53. The van der Waals surface area contributed by atoms with Gasteiger partial charge in [-0.3, -0.25) is 4.98 Å². The van der Waals surface area contributed by atoms with Gasteiger partial charge in [0.25, 0.3) is 0 Å². The summed E-state index contributed by atoms with van der Waals surface area (Å²) in [5.41, 5.74) is 3.32. The lowest BCUT2D eigenvalue weighted by Crippen LogP contribution is -2.18. The van der Waals surface area contributed by atoms with Gasteiger partial charge in [0, 0.05) is 30.5 Å². The minimum absolute atomic E-state index is 0.146. The number of rotatable bonds is 9. The highest BCUT2D eigenvalue weighted by molar-refractivity contribution is 5.44. The highest BCUT2D eigenvalue weighted by Gasteiger charge is 2.12. The quantitative estimate of drug-likeness (QED) is 0.593. The van der Waals surface area contributed by atoms with Crippen LogP contribution in [0.2, 0.25) is 0 Å². The third kappa shape index (κ3) is 5.02. The van der Waals surface area contributed by atoms with E-state index in [1.54, 1.807) is 26.6 Å². The van der Waals surface area contributed by atoms with Crippen molar-refractivity contribution < 1.29 is 14.2 Å². The van der Waals surface area contributed by atoms with Crippen LogP contribution in [0.3, 0.4) is 0 Å². The number of ether oxygens (including phenoxy) is 3. The number of nitrogens with one attached hydrogen (secondary N) is 1. The summed E-state index contributed by atoms with van der Waals surface area (Å²) in [5.74, 6) is 2.33. The van der Waals surface area contributed by atoms with E-state index in [9.17, 15) is 0 Å². The molecule has 1 heterocycles. The van der Waals surface area contributed by atoms with Crippen molar-refractivity contribution in [3.05, 3.63) is 83.7 Å². The summed E-state index contributed by atoms with van der Waals surface area (Å²) >= 11 is 0. The van der Waals surface area contributed by atoms with Crippen LogP contribution in [0.4, 0.5) is 0 Å². The average molecular weight is 378 g/mol. The summed E-state index contributed by atoms with van der Waals surface area (Å²) in [6.45, 7) is 3.31. The number of hydrogen-bond acceptors (Lipinski definition) is 5. The van der Waals surface area contributed by atoms with E-state index in [0.29, 0.717) is 13.2 Å². The van der Waals surface area contributed by atoms with Crippen LogP contribution < -0.4 is 19.5 Å². The molecule has 2 aromatic carbocycles. The first-order valence-corrected chi connectivity index (χ1v) is 9.26. The summed E-state index contributed by atoms with van der Waals surface area (Å²) in [5, 5.41) is 3.54. The second kappa shape index (κ2) is 9.76. The molecule has 1 atom stereocenters. The first-order chi connectivity index (χ1) is 13.7. The Balaban J connectivity index is 1.65. The van der Waals surface area contributed by atoms with Crippen LogP contribution in [-0.2, 0) is 13.2 Å². The van der Waals surface area contributed by atoms with E-state index in [1.807, 2.05) is 42.5 Å². The number of para-hydroxylation sites is 1. The molecule has 3 aromatic rings. The van der Waals surface area contributed by atoms with Gasteiger partial charge in [0.15, 0.2) is 11.5 Å². The monoisotopic (exact) mass is 378 g/mol. The molecule has 0 aliphatic rings. The molecule has 0 bridgehead atoms. The van der Waals surface area contributed by atoms with E-state index in [0.717, 1.165) is 33.9 Å². The Bertz CT molecular complexity index is 884. The Hall–Kier alpha value is -3.05. The van der Waals surface area contributed by atoms with Crippen molar-refractivity contribution in [2.75, 3.05) is 14.2 Å². The smallest absolute Gasteiger partial charge is 0.161 e. The second-order valence-electron chi connectivity index (χ2n) is 6.47. The first kappa shape index (κ1) is 19.7. The van der Waals surface area contributed by atoms with Crippen LogP contribution in [0.5, 0.6) is 17.2 Å². The second-order valence-corrected chi connectivity index (χ2v) is 6.47. The number of aromatic nitrogens is 1. The third-order valence-electron chi connectivity index (χ3n) is 4.62. The van der Waals surface area contributed by atoms with Crippen molar-refractivity contribution in [3.63, 3.8) is 0 Å². The van der Waals surface area contributed by atoms with Gasteiger partial charge in [0.05, 0.1) is 14.2 Å². The lowest BCUT2D eigenvalue weighted by Gasteiger charge is -2.18. The zero-order valence-corrected chi connectivity index (χ0v) is 16.5. The lowest BCUT2D eigenvalue weighted by molar-refractivity contribution is 0.284. The molecule has 0 saturated carbocycles. The molecular weight excluding hydrogens is 352 g/mol. The van der Waals surface area contributed by atoms with E-state index in [2.05, 4.69) is 29.4 Å². The fraction of sp³-hybridized carbons (Fsp3) is 0.261. The maximum absolute atomic E-state index is 5.92. The van der Waals surface area contributed by atoms with Gasteiger partial charge in [0.1, 0.15) is 12.4 Å². The van der Waals surface area contributed by atoms with Crippen LogP contribution in [0.25, 0.3) is 0 Å². The van der Waals surface area contributed by atoms with Gasteiger partial charge in [-0.25, -0.2) is 0 Å². The van der Waals surface area contributed by atoms with Gasteiger partial charge in [-0.1, -0.05) is 24.3 Å². The highest BCUT2D eigenvalue weighted by Crippen LogP contribution is 2.31. The number of hydrogen-bond donors (Lipinski definition) is 1. The molecule has 0 aliphatic heterocycles. The van der Waals surface area contributed by atoms with Gasteiger partial charge in [0.2, 0.25) is 0 Å². The summed E-state index contributed by atoms with van der Waals surface area (Å²) in [4.78, 5) is 4.02. The minimum atomic E-state index is 0.146. The van der Waals surface area contributed by atoms with E-state index in [4.69, 9.17) is 14.2 Å². The summed E-state index contributed by atoms with van der Waals surface area (Å²) in [6, 6.07) is 18.1. The fourth-order valence-corrected chi connectivity index (χ4v) is 2.94. The van der Waals surface area contributed by atoms with Gasteiger partial charge in [-0.15, -0.1) is 0 Å². The topological polar surface area (TPSA) is 52.6 Å². The summed E-state index contributed by atoms with van der Waals surface area (Å²) in [6.07, 6.45) is 3.52. The van der Waals surface area contributed by atoms with Crippen molar-refractivity contribution in [1.29, 1.82) is 0 Å². The molecular formula is C23H26N2O3. The van der Waals surface area contributed by atoms with E-state index < -0.39 is 0 Å². The van der Waals surface area contributed by atoms with Crippen LogP contribution in [0.1, 0.15) is 29.7 Å². The number of pyridine rings is 1. The van der Waals surface area contributed by atoms with Crippen molar-refractivity contribution in [3.8, 4) is 17.2 Å². The maximum Gasteiger partial charge on any atom is 0.161 e. The summed E-state index contributed by atoms with van der Waals surface area (Å²) in [7, 11) is 3.35. The molecule has 0 fully saturated rings. The Morgan fingerprint density at radius 3 is 2.39 bits per heavy atom. The van der Waals surface area contributed by atoms with Gasteiger partial charge in [-0.2, -0.15) is 0 Å². The Labute approximate surface area is 166 Å². The zero-order chi connectivity index (χ0) is 19.8. The van der Waals surface area contributed by atoms with Crippen LogP contribution in [0.15, 0.2) is 67.0 Å². The van der Waals surface area contributed by atoms with Crippen LogP contribution in [0, 0.1) is 0 Å². The largest absolute Gasteiger partial charge is 0.496 e. The Morgan fingerprint density at radius 1 is 0.893 bits per heavy atom. The molecule has 0 radical (unpaired) electrons. The molecule has 0 aliphatic carbocycles. The zero-order valence-electron chi connectivity index (χ0n) is 16.5. The van der Waals surface area contributed by atoms with Crippen LogP contribution >= 0.6 is 0 Å². The molecule has 5 nitrogen and oxygen atoms in total. The van der Waals surface area contributed by atoms with Crippen LogP contribution in [-0.4, -0.2) is 19.2 Å². The predicted molar refractivity (Wildman–Crippen MR) is 110 cm³/mol. The molecule has 5 heteroatoms. The van der Waals surface area contributed by atoms with Crippen molar-refractivity contribution in [2.24, 2.45) is 0 Å². The summed E-state index contributed by atoms with van der Waals surface area (Å²) < 4.78 is 16.9. The van der Waals surface area contributed by atoms with Gasteiger partial charge < -0.3 is 19.5 Å². The fourth-order valence-electron chi connectivity index (χ4n) is 2.94. The molecule has 0 amide bonds. The van der Waals surface area contributed by atoms with E-state index in [1.165, 1.54) is 0 Å². The molecule has 0 saturated heterocycles. The van der Waals surface area contributed by atoms with Gasteiger partial charge in [-0.05, 0) is 48.4 Å². The third-order valence-corrected chi connectivity index (χ3v) is 4.62. The standard InChI is InChI=1S/C23H26N2O3/c1-17(25-15-20-6-4-5-7-21(20)26-2)19-8-9-22(23(14-19)27-3)28-16-18-10-12-24-13-11-18/h4-14,17,25H,15-16H2,1-3H3. The number of nitrogens with zero attached hydrogens (tertiary/aromatic N) is 1. The van der Waals surface area contributed by atoms with E-state index in [-0.39, 0.29) is 6.04 Å². The Kier molecular flexibility index (Phi) is 6.87. The average Bonchev–Trinajstić information content (AvgIpc) is 2.76. The van der Waals surface area contributed by atoms with E-state index >= 15 is 0 Å². The lowest BCUT2D eigenvalue weighted by atomic mass is 10.1. The first-order valence-electron chi connectivity index (χ1n) is 9.26. The number of methoxy groups -OCH3 is 2. The molecule has 146 valence electrons. The highest BCUT2D eigenvalue weighted by atomic mass is 16.5. The molecule has 1 unspecified atom stereocenters. The molecule has 1 N–H and O–H groups in total. The molecule has 3 rings (SSSR count). The van der Waals surface area contributed by atoms with Crippen molar-refractivity contribution >= 4 is 0 Å². The number of benzene rings is 2.